The second-order valence-corrected chi connectivity index (χ2v) is 15.0. The normalized spacial score (nSPS) is 12.4. The fourth-order valence-electron chi connectivity index (χ4n) is 4.75. The van der Waals surface area contributed by atoms with Gasteiger partial charge in [-0.3, -0.25) is 0 Å². The van der Waals surface area contributed by atoms with Crippen LogP contribution in [0.15, 0.2) is 82.6 Å². The van der Waals surface area contributed by atoms with Crippen LogP contribution in [-0.2, 0) is 33.1 Å². The van der Waals surface area contributed by atoms with Gasteiger partial charge in [0.15, 0.2) is 0 Å². The molecule has 0 amide bonds. The van der Waals surface area contributed by atoms with E-state index in [4.69, 9.17) is 0 Å². The summed E-state index contributed by atoms with van der Waals surface area (Å²) in [5, 5.41) is 6.59. The first-order chi connectivity index (χ1) is 20.9. The summed E-state index contributed by atoms with van der Waals surface area (Å²) in [7, 11) is -1.32. The molecule has 3 aromatic rings. The zero-order valence-corrected chi connectivity index (χ0v) is 28.5. The highest BCUT2D eigenvalue weighted by Gasteiger charge is 2.31. The third kappa shape index (κ3) is 9.50. The molecule has 0 atom stereocenters. The maximum atomic E-state index is 14.2. The van der Waals surface area contributed by atoms with Crippen molar-refractivity contribution >= 4 is 31.4 Å². The minimum absolute atomic E-state index is 0.0830. The minimum Gasteiger partial charge on any atom is -0.383 e. The molecular weight excluding hydrogens is 597 g/mol. The molecule has 242 valence electrons. The minimum atomic E-state index is -4.11. The SMILES string of the molecule is CCN(CC)CCNc1cc(NCCN(C)C)c(S(=O)(=O)N(C)Cc2ccccc2)cc1S(=O)(=O)N(C)Cc1ccccc1. The van der Waals surface area contributed by atoms with E-state index in [9.17, 15) is 16.8 Å². The fraction of sp³-hybridized carbons (Fsp3) is 0.438. The van der Waals surface area contributed by atoms with E-state index in [-0.39, 0.29) is 22.9 Å². The molecule has 0 aliphatic heterocycles. The number of likely N-dealkylation sites (N-methyl/N-ethyl adjacent to an activating group) is 2. The van der Waals surface area contributed by atoms with Crippen LogP contribution in [0.4, 0.5) is 11.4 Å². The predicted octanol–water partition coefficient (Wildman–Crippen LogP) is 4.06. The topological polar surface area (TPSA) is 105 Å². The predicted molar refractivity (Wildman–Crippen MR) is 180 cm³/mol. The Balaban J connectivity index is 2.13. The molecule has 0 radical (unpaired) electrons. The Morgan fingerprint density at radius 2 is 1.00 bits per heavy atom. The molecule has 0 spiro atoms. The molecule has 0 bridgehead atoms. The van der Waals surface area contributed by atoms with Crippen LogP contribution < -0.4 is 10.6 Å². The Hall–Kier alpha value is -3.00. The molecule has 0 aliphatic carbocycles. The maximum Gasteiger partial charge on any atom is 0.245 e. The molecule has 3 rings (SSSR count). The van der Waals surface area contributed by atoms with Crippen LogP contribution in [0.1, 0.15) is 25.0 Å². The summed E-state index contributed by atoms with van der Waals surface area (Å²) in [5.74, 6) is 0. The first-order valence-corrected chi connectivity index (χ1v) is 17.8. The molecule has 0 saturated heterocycles. The van der Waals surface area contributed by atoms with Gasteiger partial charge in [-0.2, -0.15) is 8.61 Å². The fourth-order valence-corrected chi connectivity index (χ4v) is 7.49. The number of anilines is 2. The van der Waals surface area contributed by atoms with Gasteiger partial charge in [-0.1, -0.05) is 74.5 Å². The van der Waals surface area contributed by atoms with E-state index in [1.807, 2.05) is 79.7 Å². The van der Waals surface area contributed by atoms with Crippen LogP contribution in [-0.4, -0.2) is 103 Å². The third-order valence-electron chi connectivity index (χ3n) is 7.47. The molecule has 10 nitrogen and oxygen atoms in total. The van der Waals surface area contributed by atoms with Gasteiger partial charge in [-0.25, -0.2) is 16.8 Å². The highest BCUT2D eigenvalue weighted by molar-refractivity contribution is 7.90. The maximum absolute atomic E-state index is 14.2. The lowest BCUT2D eigenvalue weighted by atomic mass is 10.2. The lowest BCUT2D eigenvalue weighted by Crippen LogP contribution is -2.31. The Kier molecular flexibility index (Phi) is 13.2. The largest absolute Gasteiger partial charge is 0.383 e. The van der Waals surface area contributed by atoms with Crippen LogP contribution in [0, 0.1) is 0 Å². The summed E-state index contributed by atoms with van der Waals surface area (Å²) in [6.45, 7) is 8.49. The second-order valence-electron chi connectivity index (χ2n) is 11.0. The van der Waals surface area contributed by atoms with E-state index in [2.05, 4.69) is 29.4 Å². The standard InChI is InChI=1S/C32H48N6O4S2/c1-7-38(8-2)22-20-34-30-23-29(33-19-21-35(3)4)31(43(39,40)36(5)25-27-15-11-9-12-16-27)24-32(30)44(41,42)37(6)26-28-17-13-10-14-18-28/h9-18,23-24,33-34H,7-8,19-22,25-26H2,1-6H3. The average molecular weight is 645 g/mol. The third-order valence-corrected chi connectivity index (χ3v) is 11.2. The Morgan fingerprint density at radius 3 is 1.39 bits per heavy atom. The van der Waals surface area contributed by atoms with Crippen molar-refractivity contribution in [2.75, 3.05) is 78.1 Å². The number of nitrogens with zero attached hydrogens (tertiary/aromatic N) is 4. The quantitative estimate of drug-likeness (QED) is 0.214. The van der Waals surface area contributed by atoms with E-state index in [1.165, 1.54) is 28.8 Å². The summed E-state index contributed by atoms with van der Waals surface area (Å²) >= 11 is 0. The van der Waals surface area contributed by atoms with Gasteiger partial charge in [0.05, 0.1) is 11.4 Å². The number of benzene rings is 3. The van der Waals surface area contributed by atoms with Crippen molar-refractivity contribution in [1.82, 2.24) is 18.4 Å². The van der Waals surface area contributed by atoms with Crippen LogP contribution in [0.5, 0.6) is 0 Å². The molecule has 0 aromatic heterocycles. The van der Waals surface area contributed by atoms with Crippen molar-refractivity contribution in [1.29, 1.82) is 0 Å². The van der Waals surface area contributed by atoms with E-state index < -0.39 is 20.0 Å². The van der Waals surface area contributed by atoms with Gasteiger partial charge < -0.3 is 20.4 Å². The Morgan fingerprint density at radius 1 is 0.591 bits per heavy atom. The highest BCUT2D eigenvalue weighted by atomic mass is 32.2. The Labute approximate surface area is 264 Å². The monoisotopic (exact) mass is 644 g/mol. The molecule has 2 N–H and O–H groups in total. The van der Waals surface area contributed by atoms with Crippen molar-refractivity contribution in [2.45, 2.75) is 36.7 Å². The van der Waals surface area contributed by atoms with Gasteiger partial charge in [0, 0.05) is 53.4 Å². The number of hydrogen-bond donors (Lipinski definition) is 2. The van der Waals surface area contributed by atoms with Crippen LogP contribution in [0.3, 0.4) is 0 Å². The van der Waals surface area contributed by atoms with Crippen LogP contribution in [0.25, 0.3) is 0 Å². The molecule has 0 saturated carbocycles. The first kappa shape index (κ1) is 35.5. The van der Waals surface area contributed by atoms with Crippen molar-refractivity contribution in [2.24, 2.45) is 0 Å². The Bertz CT molecular complexity index is 1530. The molecule has 44 heavy (non-hydrogen) atoms. The highest BCUT2D eigenvalue weighted by Crippen LogP contribution is 2.35. The summed E-state index contributed by atoms with van der Waals surface area (Å²) < 4.78 is 59.1. The van der Waals surface area contributed by atoms with Gasteiger partial charge in [0.1, 0.15) is 9.79 Å². The van der Waals surface area contributed by atoms with Crippen molar-refractivity contribution in [3.05, 3.63) is 83.9 Å². The summed E-state index contributed by atoms with van der Waals surface area (Å²) in [4.78, 5) is 4.05. The van der Waals surface area contributed by atoms with Crippen LogP contribution >= 0.6 is 0 Å². The summed E-state index contributed by atoms with van der Waals surface area (Å²) in [6, 6.07) is 21.6. The number of rotatable bonds is 18. The zero-order chi connectivity index (χ0) is 32.3. The molecular formula is C32H48N6O4S2. The summed E-state index contributed by atoms with van der Waals surface area (Å²) in [5.41, 5.74) is 2.36. The van der Waals surface area contributed by atoms with Gasteiger partial charge in [0.25, 0.3) is 0 Å². The van der Waals surface area contributed by atoms with Crippen molar-refractivity contribution in [3.63, 3.8) is 0 Å². The lowest BCUT2D eigenvalue weighted by Gasteiger charge is -2.25. The first-order valence-electron chi connectivity index (χ1n) is 14.9. The number of nitrogens with one attached hydrogen (secondary N) is 2. The van der Waals surface area contributed by atoms with E-state index >= 15 is 0 Å². The van der Waals surface area contributed by atoms with E-state index in [0.717, 1.165) is 24.2 Å². The smallest absolute Gasteiger partial charge is 0.245 e. The molecule has 0 heterocycles. The van der Waals surface area contributed by atoms with Crippen molar-refractivity contribution in [3.8, 4) is 0 Å². The zero-order valence-electron chi connectivity index (χ0n) is 26.8. The number of sulfonamides is 2. The summed E-state index contributed by atoms with van der Waals surface area (Å²) in [6.07, 6.45) is 0. The number of hydrogen-bond acceptors (Lipinski definition) is 8. The average Bonchev–Trinajstić information content (AvgIpc) is 3.00. The molecule has 3 aromatic carbocycles. The molecule has 0 fully saturated rings. The van der Waals surface area contributed by atoms with E-state index in [1.54, 1.807) is 6.07 Å². The van der Waals surface area contributed by atoms with E-state index in [0.29, 0.717) is 37.6 Å². The van der Waals surface area contributed by atoms with Gasteiger partial charge in [-0.05, 0) is 50.4 Å². The molecule has 12 heteroatoms. The molecule has 0 aliphatic rings. The van der Waals surface area contributed by atoms with Crippen LogP contribution in [0.2, 0.25) is 0 Å². The van der Waals surface area contributed by atoms with Gasteiger partial charge in [-0.15, -0.1) is 0 Å². The van der Waals surface area contributed by atoms with Gasteiger partial charge in [0.2, 0.25) is 20.0 Å². The van der Waals surface area contributed by atoms with Gasteiger partial charge >= 0.3 is 0 Å². The second kappa shape index (κ2) is 16.4. The van der Waals surface area contributed by atoms with Crippen molar-refractivity contribution < 1.29 is 16.8 Å². The molecule has 0 unspecified atom stereocenters. The lowest BCUT2D eigenvalue weighted by molar-refractivity contribution is 0.316.